The smallest absolute Gasteiger partial charge is 0.169 e. The van der Waals surface area contributed by atoms with Gasteiger partial charge in [-0.05, 0) is 25.3 Å². The van der Waals surface area contributed by atoms with Crippen LogP contribution in [0.15, 0.2) is 24.5 Å². The normalized spacial score (nSPS) is 11.1. The van der Waals surface area contributed by atoms with E-state index in [4.69, 9.17) is 0 Å². The molecule has 0 atom stereocenters. The Labute approximate surface area is 151 Å². The first-order valence-corrected chi connectivity index (χ1v) is 10.8. The van der Waals surface area contributed by atoms with Gasteiger partial charge in [-0.15, -0.1) is 0 Å². The van der Waals surface area contributed by atoms with Crippen molar-refractivity contribution in [3.8, 4) is 0 Å². The van der Waals surface area contributed by atoms with Crippen LogP contribution in [0.2, 0.25) is 0 Å². The molecule has 1 heteroatoms. The first-order valence-electron chi connectivity index (χ1n) is 10.8. The summed E-state index contributed by atoms with van der Waals surface area (Å²) in [7, 11) is 0. The van der Waals surface area contributed by atoms with Gasteiger partial charge in [-0.2, -0.15) is 0 Å². The Morgan fingerprint density at radius 2 is 1.00 bits per heavy atom. The summed E-state index contributed by atoms with van der Waals surface area (Å²) < 4.78 is 2.23. The first kappa shape index (κ1) is 21.2. The van der Waals surface area contributed by atoms with Gasteiger partial charge < -0.3 is 0 Å². The van der Waals surface area contributed by atoms with E-state index in [2.05, 4.69) is 42.9 Å². The number of hydrogen-bond donors (Lipinski definition) is 0. The summed E-state index contributed by atoms with van der Waals surface area (Å²) in [5, 5.41) is 0. The average Bonchev–Trinajstić information content (AvgIpc) is 2.62. The third-order valence-electron chi connectivity index (χ3n) is 5.14. The Bertz CT molecular complexity index is 368. The van der Waals surface area contributed by atoms with Gasteiger partial charge in [0.2, 0.25) is 0 Å². The molecule has 0 bridgehead atoms. The van der Waals surface area contributed by atoms with Crippen LogP contribution in [0.4, 0.5) is 0 Å². The summed E-state index contributed by atoms with van der Waals surface area (Å²) in [4.78, 5) is 0. The number of unbranched alkanes of at least 4 members (excludes halogenated alkanes) is 13. The van der Waals surface area contributed by atoms with Gasteiger partial charge >= 0.3 is 0 Å². The van der Waals surface area contributed by atoms with Gasteiger partial charge in [0.25, 0.3) is 0 Å². The lowest BCUT2D eigenvalue weighted by Crippen LogP contribution is -2.30. The Kier molecular flexibility index (Phi) is 13.8. The number of aryl methyl sites for hydroxylation is 2. The average molecular weight is 333 g/mol. The summed E-state index contributed by atoms with van der Waals surface area (Å²) in [5.41, 5.74) is 1.50. The highest BCUT2D eigenvalue weighted by Gasteiger charge is 1.98. The predicted molar refractivity (Wildman–Crippen MR) is 106 cm³/mol. The molecule has 1 nitrogen and oxygen atoms in total. The van der Waals surface area contributed by atoms with Crippen LogP contribution >= 0.6 is 0 Å². The number of pyridine rings is 1. The molecule has 0 aliphatic heterocycles. The zero-order valence-corrected chi connectivity index (χ0v) is 16.6. The molecule has 1 heterocycles. The van der Waals surface area contributed by atoms with Gasteiger partial charge in [-0.25, -0.2) is 4.57 Å². The molecule has 0 spiro atoms. The Balaban J connectivity index is 1.80. The molecule has 0 saturated carbocycles. The molecule has 0 N–H and O–H groups in total. The quantitative estimate of drug-likeness (QED) is 0.226. The Morgan fingerprint density at radius 1 is 0.583 bits per heavy atom. The second kappa shape index (κ2) is 15.7. The van der Waals surface area contributed by atoms with Crippen molar-refractivity contribution in [2.24, 2.45) is 0 Å². The second-order valence-corrected chi connectivity index (χ2v) is 7.38. The zero-order valence-electron chi connectivity index (χ0n) is 16.6. The molecule has 0 aliphatic rings. The molecule has 0 radical (unpaired) electrons. The summed E-state index contributed by atoms with van der Waals surface area (Å²) in [6, 6.07) is 4.57. The zero-order chi connectivity index (χ0) is 17.3. The molecule has 24 heavy (non-hydrogen) atoms. The van der Waals surface area contributed by atoms with Crippen molar-refractivity contribution >= 4 is 0 Å². The minimum Gasteiger partial charge on any atom is -0.205 e. The minimum atomic E-state index is 1.07. The van der Waals surface area contributed by atoms with Crippen molar-refractivity contribution in [2.75, 3.05) is 0 Å². The standard InChI is InChI=1S/C23H42N/c1-3-5-6-7-8-9-10-11-12-13-14-15-16-17-18-23-19-21-24(4-2)22-20-23/h19-22H,3-18H2,1-2H3/q+1. The Morgan fingerprint density at radius 3 is 1.42 bits per heavy atom. The lowest BCUT2D eigenvalue weighted by molar-refractivity contribution is -0.693. The molecule has 1 aromatic heterocycles. The van der Waals surface area contributed by atoms with Crippen molar-refractivity contribution in [3.63, 3.8) is 0 Å². The fraction of sp³-hybridized carbons (Fsp3) is 0.783. The van der Waals surface area contributed by atoms with Crippen molar-refractivity contribution in [1.82, 2.24) is 0 Å². The van der Waals surface area contributed by atoms with Crippen LogP contribution in [-0.2, 0) is 13.0 Å². The van der Waals surface area contributed by atoms with Gasteiger partial charge in [0.1, 0.15) is 6.54 Å². The second-order valence-electron chi connectivity index (χ2n) is 7.38. The third-order valence-corrected chi connectivity index (χ3v) is 5.14. The highest BCUT2D eigenvalue weighted by Crippen LogP contribution is 2.13. The van der Waals surface area contributed by atoms with Crippen LogP contribution in [0.25, 0.3) is 0 Å². The number of hydrogen-bond acceptors (Lipinski definition) is 0. The molecule has 0 amide bonds. The van der Waals surface area contributed by atoms with Crippen LogP contribution in [0.5, 0.6) is 0 Å². The molecule has 1 aromatic rings. The summed E-state index contributed by atoms with van der Waals surface area (Å²) in [6.45, 7) is 5.55. The molecular formula is C23H42N+. The highest BCUT2D eigenvalue weighted by atomic mass is 14.9. The van der Waals surface area contributed by atoms with E-state index in [0.29, 0.717) is 0 Å². The van der Waals surface area contributed by atoms with Crippen LogP contribution in [0.3, 0.4) is 0 Å². The number of rotatable bonds is 16. The topological polar surface area (TPSA) is 3.88 Å². The summed E-state index contributed by atoms with van der Waals surface area (Å²) in [6.07, 6.45) is 25.8. The SMILES string of the molecule is CCCCCCCCCCCCCCCCc1cc[n+](CC)cc1. The first-order chi connectivity index (χ1) is 11.9. The van der Waals surface area contributed by atoms with Crippen molar-refractivity contribution in [3.05, 3.63) is 30.1 Å². The molecule has 0 aliphatic carbocycles. The third kappa shape index (κ3) is 11.6. The maximum Gasteiger partial charge on any atom is 0.169 e. The van der Waals surface area contributed by atoms with E-state index in [-0.39, 0.29) is 0 Å². The van der Waals surface area contributed by atoms with Crippen LogP contribution in [0.1, 0.15) is 109 Å². The van der Waals surface area contributed by atoms with Gasteiger partial charge in [-0.3, -0.25) is 0 Å². The van der Waals surface area contributed by atoms with E-state index >= 15 is 0 Å². The maximum absolute atomic E-state index is 2.29. The van der Waals surface area contributed by atoms with E-state index in [1.807, 2.05) is 0 Å². The molecular weight excluding hydrogens is 290 g/mol. The highest BCUT2D eigenvalue weighted by molar-refractivity contribution is 5.07. The van der Waals surface area contributed by atoms with E-state index in [1.54, 1.807) is 0 Å². The lowest BCUT2D eigenvalue weighted by atomic mass is 10.0. The maximum atomic E-state index is 2.29. The largest absolute Gasteiger partial charge is 0.205 e. The molecule has 0 aromatic carbocycles. The van der Waals surface area contributed by atoms with E-state index in [0.717, 1.165) is 6.54 Å². The molecule has 138 valence electrons. The van der Waals surface area contributed by atoms with Crippen molar-refractivity contribution in [2.45, 2.75) is 117 Å². The van der Waals surface area contributed by atoms with Crippen LogP contribution in [-0.4, -0.2) is 0 Å². The van der Waals surface area contributed by atoms with Gasteiger partial charge in [-0.1, -0.05) is 90.4 Å². The molecule has 0 fully saturated rings. The Hall–Kier alpha value is -0.850. The number of nitrogens with zero attached hydrogens (tertiary/aromatic N) is 1. The van der Waals surface area contributed by atoms with E-state index in [1.165, 1.54) is 102 Å². The summed E-state index contributed by atoms with van der Waals surface area (Å²) >= 11 is 0. The van der Waals surface area contributed by atoms with Crippen molar-refractivity contribution in [1.29, 1.82) is 0 Å². The van der Waals surface area contributed by atoms with Gasteiger partial charge in [0.15, 0.2) is 12.4 Å². The van der Waals surface area contributed by atoms with Gasteiger partial charge in [0.05, 0.1) is 0 Å². The summed E-state index contributed by atoms with van der Waals surface area (Å²) in [5.74, 6) is 0. The number of aromatic nitrogens is 1. The fourth-order valence-corrected chi connectivity index (χ4v) is 3.39. The minimum absolute atomic E-state index is 1.07. The van der Waals surface area contributed by atoms with Gasteiger partial charge in [0, 0.05) is 12.1 Å². The lowest BCUT2D eigenvalue weighted by Gasteiger charge is -2.03. The van der Waals surface area contributed by atoms with E-state index in [9.17, 15) is 0 Å². The predicted octanol–water partition coefficient (Wildman–Crippen LogP) is 7.02. The molecule has 0 unspecified atom stereocenters. The monoisotopic (exact) mass is 332 g/mol. The van der Waals surface area contributed by atoms with Crippen molar-refractivity contribution < 1.29 is 4.57 Å². The van der Waals surface area contributed by atoms with Crippen LogP contribution in [0, 0.1) is 0 Å². The van der Waals surface area contributed by atoms with E-state index < -0.39 is 0 Å². The molecule has 1 rings (SSSR count). The fourth-order valence-electron chi connectivity index (χ4n) is 3.39. The van der Waals surface area contributed by atoms with Crippen LogP contribution < -0.4 is 4.57 Å². The molecule has 0 saturated heterocycles.